The van der Waals surface area contributed by atoms with Crippen molar-refractivity contribution < 1.29 is 9.90 Å². The monoisotopic (exact) mass is 392 g/mol. The number of thiazole rings is 1. The smallest absolute Gasteiger partial charge is 0.357 e. The zero-order valence-corrected chi connectivity index (χ0v) is 16.7. The number of aromatic nitrogens is 3. The van der Waals surface area contributed by atoms with Crippen LogP contribution < -0.4 is 4.90 Å². The van der Waals surface area contributed by atoms with Crippen molar-refractivity contribution in [3.05, 3.63) is 64.3 Å². The summed E-state index contributed by atoms with van der Waals surface area (Å²) < 4.78 is 0. The van der Waals surface area contributed by atoms with Crippen molar-refractivity contribution in [3.8, 4) is 10.6 Å². The van der Waals surface area contributed by atoms with E-state index in [2.05, 4.69) is 45.2 Å². The molecule has 0 aliphatic carbocycles. The minimum Gasteiger partial charge on any atom is -0.476 e. The predicted octanol–water partition coefficient (Wildman–Crippen LogP) is 4.64. The van der Waals surface area contributed by atoms with Gasteiger partial charge in [0, 0.05) is 35.1 Å². The van der Waals surface area contributed by atoms with Gasteiger partial charge in [-0.25, -0.2) is 9.78 Å². The molecular weight excluding hydrogens is 372 g/mol. The van der Waals surface area contributed by atoms with Crippen molar-refractivity contribution in [2.24, 2.45) is 0 Å². The van der Waals surface area contributed by atoms with Crippen LogP contribution in [0, 0.1) is 13.8 Å². The third kappa shape index (κ3) is 3.36. The van der Waals surface area contributed by atoms with Crippen LogP contribution in [0.15, 0.2) is 42.5 Å². The third-order valence-corrected chi connectivity index (χ3v) is 5.93. The van der Waals surface area contributed by atoms with E-state index in [0.717, 1.165) is 27.5 Å². The largest absolute Gasteiger partial charge is 0.476 e. The first-order valence-corrected chi connectivity index (χ1v) is 9.70. The molecule has 4 rings (SSSR count). The number of carboxylic acid groups (broad SMARTS) is 1. The van der Waals surface area contributed by atoms with Crippen LogP contribution in [0.3, 0.4) is 0 Å². The number of nitrogens with one attached hydrogen (secondary N) is 1. The van der Waals surface area contributed by atoms with E-state index in [1.54, 1.807) is 11.3 Å². The number of aromatic carboxylic acids is 1. The lowest BCUT2D eigenvalue weighted by molar-refractivity contribution is 0.0692. The Morgan fingerprint density at radius 1 is 1.21 bits per heavy atom. The normalized spacial score (nSPS) is 11.1. The van der Waals surface area contributed by atoms with Gasteiger partial charge in [-0.15, -0.1) is 11.3 Å². The maximum atomic E-state index is 11.3. The molecule has 0 fully saturated rings. The van der Waals surface area contributed by atoms with Gasteiger partial charge in [0.2, 0.25) is 0 Å². The van der Waals surface area contributed by atoms with Gasteiger partial charge in [-0.05, 0) is 43.7 Å². The Kier molecular flexibility index (Phi) is 4.60. The molecule has 0 spiro atoms. The van der Waals surface area contributed by atoms with E-state index in [4.69, 9.17) is 0 Å². The van der Waals surface area contributed by atoms with Gasteiger partial charge in [0.15, 0.2) is 5.69 Å². The molecule has 0 amide bonds. The lowest BCUT2D eigenvalue weighted by atomic mass is 10.1. The Hall–Kier alpha value is -3.19. The summed E-state index contributed by atoms with van der Waals surface area (Å²) in [5.74, 6) is -1.03. The first kappa shape index (κ1) is 18.2. The second-order valence-corrected chi connectivity index (χ2v) is 8.03. The fourth-order valence-corrected chi connectivity index (χ4v) is 4.08. The highest BCUT2D eigenvalue weighted by Gasteiger charge is 2.14. The number of benzene rings is 2. The first-order chi connectivity index (χ1) is 13.4. The zero-order chi connectivity index (χ0) is 19.8. The maximum absolute atomic E-state index is 11.3. The molecule has 7 heteroatoms. The highest BCUT2D eigenvalue weighted by atomic mass is 32.1. The number of H-pyrrole nitrogens is 1. The Labute approximate surface area is 166 Å². The number of anilines is 1. The SMILES string of the molecule is Cc1nc(-c2cccc(CN(C)c3ccc4[nH]nc(C(=O)O)c4c3)c2)sc1C. The number of nitrogens with zero attached hydrogens (tertiary/aromatic N) is 3. The van der Waals surface area contributed by atoms with Crippen molar-refractivity contribution in [1.29, 1.82) is 0 Å². The van der Waals surface area contributed by atoms with Gasteiger partial charge in [-0.3, -0.25) is 5.10 Å². The fourth-order valence-electron chi connectivity index (χ4n) is 3.17. The maximum Gasteiger partial charge on any atom is 0.357 e. The Bertz CT molecular complexity index is 1160. The molecule has 2 heterocycles. The highest BCUT2D eigenvalue weighted by Crippen LogP contribution is 2.29. The second kappa shape index (κ2) is 7.09. The van der Waals surface area contributed by atoms with Crippen LogP contribution in [-0.4, -0.2) is 33.3 Å². The van der Waals surface area contributed by atoms with E-state index < -0.39 is 5.97 Å². The van der Waals surface area contributed by atoms with Gasteiger partial charge in [-0.1, -0.05) is 18.2 Å². The van der Waals surface area contributed by atoms with Crippen LogP contribution in [0.25, 0.3) is 21.5 Å². The molecule has 142 valence electrons. The van der Waals surface area contributed by atoms with Crippen molar-refractivity contribution in [3.63, 3.8) is 0 Å². The van der Waals surface area contributed by atoms with E-state index in [-0.39, 0.29) is 5.69 Å². The summed E-state index contributed by atoms with van der Waals surface area (Å²) in [5, 5.41) is 17.6. The van der Waals surface area contributed by atoms with Crippen molar-refractivity contribution in [2.45, 2.75) is 20.4 Å². The molecule has 6 nitrogen and oxygen atoms in total. The van der Waals surface area contributed by atoms with Crippen LogP contribution in [0.2, 0.25) is 0 Å². The molecule has 0 unspecified atom stereocenters. The van der Waals surface area contributed by atoms with Crippen LogP contribution in [0.4, 0.5) is 5.69 Å². The van der Waals surface area contributed by atoms with Crippen LogP contribution in [-0.2, 0) is 6.54 Å². The van der Waals surface area contributed by atoms with E-state index in [1.807, 2.05) is 38.2 Å². The molecule has 0 aliphatic heterocycles. The van der Waals surface area contributed by atoms with Gasteiger partial charge >= 0.3 is 5.97 Å². The zero-order valence-electron chi connectivity index (χ0n) is 15.9. The van der Waals surface area contributed by atoms with Gasteiger partial charge in [0.25, 0.3) is 0 Å². The highest BCUT2D eigenvalue weighted by molar-refractivity contribution is 7.15. The number of carbonyl (C=O) groups is 1. The molecule has 2 N–H and O–H groups in total. The molecule has 0 bridgehead atoms. The average Bonchev–Trinajstić information content (AvgIpc) is 3.25. The average molecular weight is 392 g/mol. The summed E-state index contributed by atoms with van der Waals surface area (Å²) in [6, 6.07) is 14.1. The number of rotatable bonds is 5. The molecule has 0 atom stereocenters. The molecule has 0 saturated carbocycles. The number of hydrogen-bond acceptors (Lipinski definition) is 5. The van der Waals surface area contributed by atoms with Crippen molar-refractivity contribution >= 4 is 33.9 Å². The molecule has 0 radical (unpaired) electrons. The molecule has 2 aromatic carbocycles. The Balaban J connectivity index is 1.61. The molecular formula is C21H20N4O2S. The summed E-state index contributed by atoms with van der Waals surface area (Å²) in [6.45, 7) is 4.82. The molecule has 0 aliphatic rings. The van der Waals surface area contributed by atoms with E-state index in [0.29, 0.717) is 17.4 Å². The molecule has 2 aromatic heterocycles. The minimum absolute atomic E-state index is 0.0433. The van der Waals surface area contributed by atoms with Crippen LogP contribution >= 0.6 is 11.3 Å². The van der Waals surface area contributed by atoms with Gasteiger partial charge in [-0.2, -0.15) is 5.10 Å². The lowest BCUT2D eigenvalue weighted by Crippen LogP contribution is -2.16. The second-order valence-electron chi connectivity index (χ2n) is 6.82. The van der Waals surface area contributed by atoms with Crippen molar-refractivity contribution in [2.75, 3.05) is 11.9 Å². The number of hydrogen-bond donors (Lipinski definition) is 2. The number of carboxylic acids is 1. The van der Waals surface area contributed by atoms with Crippen molar-refractivity contribution in [1.82, 2.24) is 15.2 Å². The third-order valence-electron chi connectivity index (χ3n) is 4.81. The van der Waals surface area contributed by atoms with E-state index in [1.165, 1.54) is 4.88 Å². The lowest BCUT2D eigenvalue weighted by Gasteiger charge is -2.20. The quantitative estimate of drug-likeness (QED) is 0.517. The van der Waals surface area contributed by atoms with Crippen LogP contribution in [0.5, 0.6) is 0 Å². The summed E-state index contributed by atoms with van der Waals surface area (Å²) in [7, 11) is 1.99. The van der Waals surface area contributed by atoms with E-state index >= 15 is 0 Å². The summed E-state index contributed by atoms with van der Waals surface area (Å²) in [4.78, 5) is 19.3. The van der Waals surface area contributed by atoms with E-state index in [9.17, 15) is 9.90 Å². The molecule has 28 heavy (non-hydrogen) atoms. The van der Waals surface area contributed by atoms with Crippen LogP contribution in [0.1, 0.15) is 26.6 Å². The number of aromatic amines is 1. The number of fused-ring (bicyclic) bond motifs is 1. The summed E-state index contributed by atoms with van der Waals surface area (Å²) >= 11 is 1.71. The molecule has 4 aromatic rings. The predicted molar refractivity (Wildman–Crippen MR) is 112 cm³/mol. The minimum atomic E-state index is -1.03. The van der Waals surface area contributed by atoms with Gasteiger partial charge in [0.1, 0.15) is 5.01 Å². The first-order valence-electron chi connectivity index (χ1n) is 8.88. The number of aryl methyl sites for hydroxylation is 2. The van der Waals surface area contributed by atoms with Gasteiger partial charge in [0.05, 0.1) is 11.2 Å². The topological polar surface area (TPSA) is 82.1 Å². The Morgan fingerprint density at radius 3 is 2.75 bits per heavy atom. The molecule has 0 saturated heterocycles. The summed E-state index contributed by atoms with van der Waals surface area (Å²) in [6.07, 6.45) is 0. The fraction of sp³-hybridized carbons (Fsp3) is 0.190. The Morgan fingerprint density at radius 2 is 2.04 bits per heavy atom. The summed E-state index contributed by atoms with van der Waals surface area (Å²) in [5.41, 5.74) is 5.04. The van der Waals surface area contributed by atoms with Gasteiger partial charge < -0.3 is 10.0 Å². The standard InChI is InChI=1S/C21H20N4O2S/c1-12-13(2)28-20(22-12)15-6-4-5-14(9-15)11-25(3)16-7-8-18-17(10-16)19(21(26)27)24-23-18/h4-10H,11H2,1-3H3,(H,23,24)(H,26,27).